The number of hydrogen-bond acceptors (Lipinski definition) is 6. The van der Waals surface area contributed by atoms with Gasteiger partial charge in [0.15, 0.2) is 10.8 Å². The number of thioether (sulfide) groups is 1. The lowest BCUT2D eigenvalue weighted by atomic mass is 9.89. The maximum Gasteiger partial charge on any atom is 0.259 e. The third-order valence-electron chi connectivity index (χ3n) is 5.13. The Hall–Kier alpha value is -2.19. The summed E-state index contributed by atoms with van der Waals surface area (Å²) in [5.41, 5.74) is 2.02. The number of nitrogens with one attached hydrogen (secondary N) is 1. The molecule has 4 aromatic rings. The average molecular weight is 398 g/mol. The molecule has 0 amide bonds. The molecule has 0 unspecified atom stereocenters. The minimum absolute atomic E-state index is 0.0133. The van der Waals surface area contributed by atoms with Crippen molar-refractivity contribution in [2.75, 3.05) is 0 Å². The van der Waals surface area contributed by atoms with Crippen LogP contribution in [0.4, 0.5) is 0 Å². The number of thiophene rings is 1. The van der Waals surface area contributed by atoms with Crippen LogP contribution in [0.15, 0.2) is 34.3 Å². The first-order valence-corrected chi connectivity index (χ1v) is 10.8. The van der Waals surface area contributed by atoms with Crippen LogP contribution in [0.5, 0.6) is 0 Å². The van der Waals surface area contributed by atoms with E-state index in [9.17, 15) is 4.79 Å². The molecule has 4 aromatic heterocycles. The fourth-order valence-corrected chi connectivity index (χ4v) is 5.96. The van der Waals surface area contributed by atoms with E-state index in [1.165, 1.54) is 10.4 Å². The summed E-state index contributed by atoms with van der Waals surface area (Å²) < 4.78 is 1.95. The van der Waals surface area contributed by atoms with Gasteiger partial charge in [-0.3, -0.25) is 9.20 Å². The number of aromatic amines is 1. The minimum atomic E-state index is -0.0345. The Morgan fingerprint density at radius 2 is 2.26 bits per heavy atom. The van der Waals surface area contributed by atoms with Gasteiger partial charge in [0, 0.05) is 11.1 Å². The summed E-state index contributed by atoms with van der Waals surface area (Å²) in [6, 6.07) is 5.81. The van der Waals surface area contributed by atoms with Gasteiger partial charge in [-0.25, -0.2) is 4.98 Å². The molecule has 1 aliphatic rings. The average Bonchev–Trinajstić information content (AvgIpc) is 3.22. The SMILES string of the molecule is C[C@@H]1CCc2c(sc3nc([C@@H](C)Sc4nnc5ccccn45)[nH]c(=O)c23)C1. The smallest absolute Gasteiger partial charge is 0.259 e. The van der Waals surface area contributed by atoms with Crippen molar-refractivity contribution in [3.05, 3.63) is 51.0 Å². The van der Waals surface area contributed by atoms with Crippen molar-refractivity contribution in [1.82, 2.24) is 24.6 Å². The molecule has 8 heteroatoms. The normalized spacial score (nSPS) is 18.1. The van der Waals surface area contributed by atoms with Gasteiger partial charge in [-0.15, -0.1) is 21.5 Å². The summed E-state index contributed by atoms with van der Waals surface area (Å²) in [5.74, 6) is 1.37. The summed E-state index contributed by atoms with van der Waals surface area (Å²) in [6.07, 6.45) is 5.13. The van der Waals surface area contributed by atoms with Crippen molar-refractivity contribution in [2.24, 2.45) is 5.92 Å². The van der Waals surface area contributed by atoms with Crippen molar-refractivity contribution in [3.63, 3.8) is 0 Å². The molecule has 1 aliphatic carbocycles. The molecule has 138 valence electrons. The van der Waals surface area contributed by atoms with Crippen LogP contribution in [0.25, 0.3) is 15.9 Å². The third kappa shape index (κ3) is 2.87. The van der Waals surface area contributed by atoms with Gasteiger partial charge in [-0.1, -0.05) is 24.8 Å². The Balaban J connectivity index is 1.52. The molecule has 6 nitrogen and oxygen atoms in total. The number of rotatable bonds is 3. The second-order valence-corrected chi connectivity index (χ2v) is 9.55. The molecule has 0 spiro atoms. The number of pyridine rings is 1. The summed E-state index contributed by atoms with van der Waals surface area (Å²) in [5, 5.41) is 10.0. The first kappa shape index (κ1) is 16.9. The molecule has 4 heterocycles. The number of nitrogens with zero attached hydrogens (tertiary/aromatic N) is 4. The number of fused-ring (bicyclic) bond motifs is 4. The van der Waals surface area contributed by atoms with E-state index in [0.717, 1.165) is 40.3 Å². The Kier molecular flexibility index (Phi) is 4.05. The van der Waals surface area contributed by atoms with Crippen LogP contribution in [0.3, 0.4) is 0 Å². The zero-order valence-electron chi connectivity index (χ0n) is 15.1. The van der Waals surface area contributed by atoms with E-state index in [1.807, 2.05) is 35.7 Å². The van der Waals surface area contributed by atoms with E-state index in [0.29, 0.717) is 11.7 Å². The monoisotopic (exact) mass is 397 g/mol. The van der Waals surface area contributed by atoms with Crippen LogP contribution in [-0.4, -0.2) is 24.6 Å². The van der Waals surface area contributed by atoms with Crippen molar-refractivity contribution < 1.29 is 0 Å². The van der Waals surface area contributed by atoms with Gasteiger partial charge in [0.25, 0.3) is 5.56 Å². The maximum absolute atomic E-state index is 12.8. The predicted molar refractivity (Wildman–Crippen MR) is 109 cm³/mol. The standard InChI is InChI=1S/C19H19N5OS2/c1-10-6-7-12-13(9-10)27-18-15(12)17(25)20-16(21-18)11(2)26-19-23-22-14-5-3-4-8-24(14)19/h3-5,8,10-11H,6-7,9H2,1-2H3,(H,20,21,25)/t10-,11-/m1/s1. The number of hydrogen-bond donors (Lipinski definition) is 1. The van der Waals surface area contributed by atoms with Gasteiger partial charge in [0.05, 0.1) is 10.6 Å². The van der Waals surface area contributed by atoms with Gasteiger partial charge in [-0.2, -0.15) is 0 Å². The molecule has 0 aromatic carbocycles. The first-order chi connectivity index (χ1) is 13.1. The molecular weight excluding hydrogens is 378 g/mol. The predicted octanol–water partition coefficient (Wildman–Crippen LogP) is 4.01. The van der Waals surface area contributed by atoms with Gasteiger partial charge >= 0.3 is 0 Å². The van der Waals surface area contributed by atoms with Crippen LogP contribution in [-0.2, 0) is 12.8 Å². The molecule has 0 aliphatic heterocycles. The second-order valence-electron chi connectivity index (χ2n) is 7.15. The highest BCUT2D eigenvalue weighted by atomic mass is 32.2. The van der Waals surface area contributed by atoms with Crippen LogP contribution >= 0.6 is 23.1 Å². The molecule has 0 saturated carbocycles. The van der Waals surface area contributed by atoms with E-state index in [2.05, 4.69) is 22.1 Å². The lowest BCUT2D eigenvalue weighted by molar-refractivity contribution is 0.509. The molecule has 0 radical (unpaired) electrons. The Morgan fingerprint density at radius 3 is 3.15 bits per heavy atom. The van der Waals surface area contributed by atoms with Crippen LogP contribution in [0.2, 0.25) is 0 Å². The van der Waals surface area contributed by atoms with Crippen molar-refractivity contribution in [2.45, 2.75) is 43.5 Å². The fraction of sp³-hybridized carbons (Fsp3) is 0.368. The topological polar surface area (TPSA) is 75.9 Å². The molecule has 2 atom stereocenters. The largest absolute Gasteiger partial charge is 0.309 e. The van der Waals surface area contributed by atoms with Gasteiger partial charge in [0.1, 0.15) is 10.7 Å². The van der Waals surface area contributed by atoms with E-state index in [-0.39, 0.29) is 10.8 Å². The quantitative estimate of drug-likeness (QED) is 0.529. The molecule has 5 rings (SSSR count). The maximum atomic E-state index is 12.8. The Labute approximate surface area is 164 Å². The number of aromatic nitrogens is 5. The molecular formula is C19H19N5OS2. The number of aryl methyl sites for hydroxylation is 1. The molecule has 1 N–H and O–H groups in total. The van der Waals surface area contributed by atoms with Crippen LogP contribution < -0.4 is 5.56 Å². The highest BCUT2D eigenvalue weighted by molar-refractivity contribution is 7.99. The van der Waals surface area contributed by atoms with E-state index in [4.69, 9.17) is 4.98 Å². The van der Waals surface area contributed by atoms with Crippen molar-refractivity contribution >= 4 is 39.0 Å². The van der Waals surface area contributed by atoms with Crippen molar-refractivity contribution in [3.8, 4) is 0 Å². The Morgan fingerprint density at radius 1 is 1.37 bits per heavy atom. The van der Waals surface area contributed by atoms with Crippen LogP contribution in [0.1, 0.15) is 41.8 Å². The van der Waals surface area contributed by atoms with Crippen molar-refractivity contribution in [1.29, 1.82) is 0 Å². The molecule has 0 bridgehead atoms. The number of H-pyrrole nitrogens is 1. The first-order valence-electron chi connectivity index (χ1n) is 9.11. The second kappa shape index (κ2) is 6.45. The van der Waals surface area contributed by atoms with Gasteiger partial charge < -0.3 is 4.98 Å². The van der Waals surface area contributed by atoms with Gasteiger partial charge in [-0.05, 0) is 49.8 Å². The molecule has 27 heavy (non-hydrogen) atoms. The lowest BCUT2D eigenvalue weighted by Crippen LogP contribution is -2.15. The van der Waals surface area contributed by atoms with E-state index >= 15 is 0 Å². The summed E-state index contributed by atoms with van der Waals surface area (Å²) >= 11 is 3.23. The molecule has 0 fully saturated rings. The van der Waals surface area contributed by atoms with Gasteiger partial charge in [0.2, 0.25) is 0 Å². The van der Waals surface area contributed by atoms with E-state index in [1.54, 1.807) is 23.1 Å². The highest BCUT2D eigenvalue weighted by Crippen LogP contribution is 2.37. The highest BCUT2D eigenvalue weighted by Gasteiger charge is 2.24. The van der Waals surface area contributed by atoms with E-state index < -0.39 is 0 Å². The Bertz CT molecular complexity index is 1210. The lowest BCUT2D eigenvalue weighted by Gasteiger charge is -2.17. The summed E-state index contributed by atoms with van der Waals surface area (Å²) in [4.78, 5) is 22.8. The minimum Gasteiger partial charge on any atom is -0.309 e. The summed E-state index contributed by atoms with van der Waals surface area (Å²) in [6.45, 7) is 4.31. The summed E-state index contributed by atoms with van der Waals surface area (Å²) in [7, 11) is 0. The zero-order valence-corrected chi connectivity index (χ0v) is 16.7. The zero-order chi connectivity index (χ0) is 18.5. The third-order valence-corrected chi connectivity index (χ3v) is 7.35. The molecule has 0 saturated heterocycles. The fourth-order valence-electron chi connectivity index (χ4n) is 3.67. The van der Waals surface area contributed by atoms with Crippen LogP contribution in [0, 0.1) is 5.92 Å².